The minimum absolute atomic E-state index is 0.639. The van der Waals surface area contributed by atoms with Crippen LogP contribution in [0.2, 0.25) is 0 Å². The highest BCUT2D eigenvalue weighted by Crippen LogP contribution is 2.26. The van der Waals surface area contributed by atoms with Crippen LogP contribution in [0.25, 0.3) is 0 Å². The number of anilines is 2. The summed E-state index contributed by atoms with van der Waals surface area (Å²) >= 11 is 0. The quantitative estimate of drug-likeness (QED) is 0.757. The Hall–Kier alpha value is -1.32. The molecule has 0 aromatic carbocycles. The highest BCUT2D eigenvalue weighted by molar-refractivity contribution is 5.44. The van der Waals surface area contributed by atoms with Gasteiger partial charge in [-0.15, -0.1) is 0 Å². The molecule has 2 saturated carbocycles. The van der Waals surface area contributed by atoms with E-state index in [2.05, 4.69) is 20.6 Å². The van der Waals surface area contributed by atoms with Gasteiger partial charge in [-0.05, 0) is 25.7 Å². The minimum Gasteiger partial charge on any atom is -0.366 e. The molecule has 0 aliphatic heterocycles. The molecule has 3 rings (SSSR count). The zero-order chi connectivity index (χ0) is 9.38. The van der Waals surface area contributed by atoms with Crippen molar-refractivity contribution in [3.63, 3.8) is 0 Å². The fourth-order valence-electron chi connectivity index (χ4n) is 1.38. The molecule has 0 saturated heterocycles. The minimum atomic E-state index is 0.639. The first-order valence-electron chi connectivity index (χ1n) is 5.25. The van der Waals surface area contributed by atoms with Crippen LogP contribution in [0.5, 0.6) is 0 Å². The Morgan fingerprint density at radius 1 is 0.929 bits per heavy atom. The van der Waals surface area contributed by atoms with E-state index in [1.807, 2.05) is 0 Å². The number of nitrogens with one attached hydrogen (secondary N) is 2. The molecule has 4 nitrogen and oxygen atoms in total. The zero-order valence-electron chi connectivity index (χ0n) is 8.03. The van der Waals surface area contributed by atoms with Crippen molar-refractivity contribution in [1.82, 2.24) is 9.97 Å². The second kappa shape index (κ2) is 3.12. The largest absolute Gasteiger partial charge is 0.366 e. The molecule has 14 heavy (non-hydrogen) atoms. The summed E-state index contributed by atoms with van der Waals surface area (Å²) < 4.78 is 0. The Bertz CT molecular complexity index is 301. The van der Waals surface area contributed by atoms with E-state index in [-0.39, 0.29) is 0 Å². The maximum atomic E-state index is 4.45. The highest BCUT2D eigenvalue weighted by atomic mass is 15.1. The molecule has 2 aliphatic rings. The number of rotatable bonds is 4. The van der Waals surface area contributed by atoms with Crippen LogP contribution < -0.4 is 10.6 Å². The van der Waals surface area contributed by atoms with Crippen molar-refractivity contribution >= 4 is 11.6 Å². The Morgan fingerprint density at radius 3 is 1.86 bits per heavy atom. The van der Waals surface area contributed by atoms with Crippen molar-refractivity contribution in [2.45, 2.75) is 37.8 Å². The van der Waals surface area contributed by atoms with Crippen molar-refractivity contribution in [1.29, 1.82) is 0 Å². The first-order valence-corrected chi connectivity index (χ1v) is 5.25. The van der Waals surface area contributed by atoms with Gasteiger partial charge in [0, 0.05) is 12.1 Å². The summed E-state index contributed by atoms with van der Waals surface area (Å²) in [6.07, 6.45) is 8.64. The Kier molecular flexibility index (Phi) is 1.79. The van der Waals surface area contributed by atoms with Crippen molar-refractivity contribution in [3.8, 4) is 0 Å². The van der Waals surface area contributed by atoms with E-state index >= 15 is 0 Å². The van der Waals surface area contributed by atoms with Gasteiger partial charge in [0.2, 0.25) is 0 Å². The summed E-state index contributed by atoms with van der Waals surface area (Å²) in [5, 5.41) is 6.67. The van der Waals surface area contributed by atoms with E-state index < -0.39 is 0 Å². The average molecular weight is 190 g/mol. The number of hydrogen-bond acceptors (Lipinski definition) is 4. The molecule has 2 fully saturated rings. The van der Waals surface area contributed by atoms with Gasteiger partial charge in [0.25, 0.3) is 0 Å². The van der Waals surface area contributed by atoms with Gasteiger partial charge in [-0.3, -0.25) is 4.98 Å². The number of aromatic nitrogens is 2. The lowest BCUT2D eigenvalue weighted by molar-refractivity contribution is 1.05. The Balaban J connectivity index is 1.68. The molecule has 4 heteroatoms. The molecule has 0 unspecified atom stereocenters. The normalized spacial score (nSPS) is 20.6. The maximum absolute atomic E-state index is 4.45. The summed E-state index contributed by atoms with van der Waals surface area (Å²) in [5.74, 6) is 1.80. The predicted molar refractivity (Wildman–Crippen MR) is 55.3 cm³/mol. The van der Waals surface area contributed by atoms with E-state index in [0.717, 1.165) is 11.6 Å². The van der Waals surface area contributed by atoms with Crippen LogP contribution in [0.15, 0.2) is 12.4 Å². The molecule has 0 radical (unpaired) electrons. The van der Waals surface area contributed by atoms with Gasteiger partial charge in [0.05, 0.1) is 12.4 Å². The predicted octanol–water partition coefficient (Wildman–Crippen LogP) is 1.63. The fraction of sp³-hybridized carbons (Fsp3) is 0.600. The lowest BCUT2D eigenvalue weighted by atomic mass is 10.5. The van der Waals surface area contributed by atoms with Crippen LogP contribution in [-0.4, -0.2) is 22.1 Å². The maximum Gasteiger partial charge on any atom is 0.147 e. The van der Waals surface area contributed by atoms with Crippen LogP contribution in [0.3, 0.4) is 0 Å². The van der Waals surface area contributed by atoms with Crippen molar-refractivity contribution in [2.75, 3.05) is 10.6 Å². The molecule has 1 aromatic rings. The van der Waals surface area contributed by atoms with E-state index in [9.17, 15) is 0 Å². The molecule has 1 aromatic heterocycles. The molecule has 0 atom stereocenters. The third kappa shape index (κ3) is 1.95. The highest BCUT2D eigenvalue weighted by Gasteiger charge is 2.23. The fourth-order valence-corrected chi connectivity index (χ4v) is 1.38. The topological polar surface area (TPSA) is 49.8 Å². The molecule has 0 bridgehead atoms. The smallest absolute Gasteiger partial charge is 0.147 e. The third-order valence-electron chi connectivity index (χ3n) is 2.49. The van der Waals surface area contributed by atoms with E-state index in [1.165, 1.54) is 25.7 Å². The monoisotopic (exact) mass is 190 g/mol. The Labute approximate surface area is 83.1 Å². The van der Waals surface area contributed by atoms with Gasteiger partial charge < -0.3 is 10.6 Å². The second-order valence-corrected chi connectivity index (χ2v) is 4.13. The average Bonchev–Trinajstić information content (AvgIpc) is 3.00. The summed E-state index contributed by atoms with van der Waals surface area (Å²) in [6.45, 7) is 0. The van der Waals surface area contributed by atoms with Gasteiger partial charge in [0.1, 0.15) is 11.6 Å². The summed E-state index contributed by atoms with van der Waals surface area (Å²) in [4.78, 5) is 8.61. The van der Waals surface area contributed by atoms with Crippen molar-refractivity contribution < 1.29 is 0 Å². The lowest BCUT2D eigenvalue weighted by Crippen LogP contribution is -2.07. The first-order chi connectivity index (χ1) is 6.90. The van der Waals surface area contributed by atoms with Crippen molar-refractivity contribution in [3.05, 3.63) is 12.4 Å². The van der Waals surface area contributed by atoms with Gasteiger partial charge in [-0.25, -0.2) is 4.98 Å². The molecule has 1 heterocycles. The van der Waals surface area contributed by atoms with Crippen LogP contribution in [0.1, 0.15) is 25.7 Å². The Morgan fingerprint density at radius 2 is 1.43 bits per heavy atom. The van der Waals surface area contributed by atoms with Gasteiger partial charge in [-0.1, -0.05) is 0 Å². The van der Waals surface area contributed by atoms with Crippen LogP contribution in [-0.2, 0) is 0 Å². The molecule has 0 amide bonds. The van der Waals surface area contributed by atoms with Crippen molar-refractivity contribution in [2.24, 2.45) is 0 Å². The van der Waals surface area contributed by atoms with E-state index in [4.69, 9.17) is 0 Å². The van der Waals surface area contributed by atoms with Gasteiger partial charge >= 0.3 is 0 Å². The number of hydrogen-bond donors (Lipinski definition) is 2. The second-order valence-electron chi connectivity index (χ2n) is 4.13. The SMILES string of the molecule is c1ncc(NC2CC2)nc1NC1CC1. The summed E-state index contributed by atoms with van der Waals surface area (Å²) in [6, 6.07) is 1.28. The van der Waals surface area contributed by atoms with Crippen LogP contribution in [0.4, 0.5) is 11.6 Å². The molecular formula is C10H14N4. The lowest BCUT2D eigenvalue weighted by Gasteiger charge is -2.06. The molecule has 0 spiro atoms. The van der Waals surface area contributed by atoms with Gasteiger partial charge in [-0.2, -0.15) is 0 Å². The van der Waals surface area contributed by atoms with E-state index in [0.29, 0.717) is 12.1 Å². The molecule has 2 aliphatic carbocycles. The first kappa shape index (κ1) is 8.03. The van der Waals surface area contributed by atoms with Crippen LogP contribution in [0, 0.1) is 0 Å². The molecule has 74 valence electrons. The summed E-state index contributed by atoms with van der Waals surface area (Å²) in [7, 11) is 0. The molecular weight excluding hydrogens is 176 g/mol. The van der Waals surface area contributed by atoms with Gasteiger partial charge in [0.15, 0.2) is 0 Å². The molecule has 2 N–H and O–H groups in total. The number of nitrogens with zero attached hydrogens (tertiary/aromatic N) is 2. The van der Waals surface area contributed by atoms with E-state index in [1.54, 1.807) is 12.4 Å². The third-order valence-corrected chi connectivity index (χ3v) is 2.49. The summed E-state index contributed by atoms with van der Waals surface area (Å²) in [5.41, 5.74) is 0. The standard InChI is InChI=1S/C10H14N4/c1-2-7(1)12-9-5-11-6-10(14-9)13-8-3-4-8/h5-8H,1-4H2,(H2,12,13,14). The van der Waals surface area contributed by atoms with Crippen LogP contribution >= 0.6 is 0 Å². The zero-order valence-corrected chi connectivity index (χ0v) is 8.03.